The Labute approximate surface area is 116 Å². The summed E-state index contributed by atoms with van der Waals surface area (Å²) in [6.45, 7) is 4.84. The third-order valence-corrected chi connectivity index (χ3v) is 3.45. The van der Waals surface area contributed by atoms with Crippen LogP contribution in [0.15, 0.2) is 0 Å². The molecule has 114 valence electrons. The molecule has 0 saturated heterocycles. The first-order chi connectivity index (χ1) is 9.22. The molecule has 1 aliphatic rings. The molecule has 5 heteroatoms. The molecule has 0 unspecified atom stereocenters. The van der Waals surface area contributed by atoms with Crippen molar-refractivity contribution in [2.45, 2.75) is 44.8 Å². The van der Waals surface area contributed by atoms with Gasteiger partial charge in [0.25, 0.3) is 0 Å². The van der Waals surface area contributed by atoms with Gasteiger partial charge in [-0.15, -0.1) is 0 Å². The average molecular weight is 275 g/mol. The normalized spacial score (nSPS) is 25.4. The minimum absolute atomic E-state index is 0.0519. The third kappa shape index (κ3) is 8.55. The van der Waals surface area contributed by atoms with E-state index in [2.05, 4.69) is 12.2 Å². The molecule has 0 aromatic rings. The molecule has 1 saturated carbocycles. The summed E-state index contributed by atoms with van der Waals surface area (Å²) in [6.07, 6.45) is 4.65. The lowest BCUT2D eigenvalue weighted by atomic mass is 9.89. The molecule has 0 aromatic heterocycles. The smallest absolute Gasteiger partial charge is 0.0897 e. The number of hydrogen-bond acceptors (Lipinski definition) is 5. The maximum atomic E-state index is 9.78. The van der Waals surface area contributed by atoms with Gasteiger partial charge in [-0.3, -0.25) is 0 Å². The van der Waals surface area contributed by atoms with Gasteiger partial charge in [0.05, 0.1) is 38.6 Å². The van der Waals surface area contributed by atoms with E-state index < -0.39 is 6.10 Å². The molecule has 0 aromatic carbocycles. The van der Waals surface area contributed by atoms with Crippen LogP contribution in [0.1, 0.15) is 32.6 Å². The van der Waals surface area contributed by atoms with Gasteiger partial charge < -0.3 is 25.0 Å². The van der Waals surface area contributed by atoms with Gasteiger partial charge >= 0.3 is 0 Å². The predicted molar refractivity (Wildman–Crippen MR) is 74.2 cm³/mol. The molecule has 0 amide bonds. The molecule has 0 radical (unpaired) electrons. The molecule has 5 nitrogen and oxygen atoms in total. The fourth-order valence-corrected chi connectivity index (χ4v) is 2.42. The summed E-state index contributed by atoms with van der Waals surface area (Å²) in [4.78, 5) is 0. The molecule has 3 atom stereocenters. The second kappa shape index (κ2) is 10.6. The number of nitrogens with one attached hydrogen (secondary N) is 1. The zero-order valence-corrected chi connectivity index (χ0v) is 12.0. The first kappa shape index (κ1) is 16.9. The second-order valence-electron chi connectivity index (χ2n) is 5.42. The monoisotopic (exact) mass is 275 g/mol. The summed E-state index contributed by atoms with van der Waals surface area (Å²) in [6, 6.07) is 0. The van der Waals surface area contributed by atoms with Crippen LogP contribution in [0.2, 0.25) is 0 Å². The number of aliphatic hydroxyl groups is 2. The van der Waals surface area contributed by atoms with E-state index in [-0.39, 0.29) is 6.61 Å². The minimum Gasteiger partial charge on any atom is -0.394 e. The first-order valence-electron chi connectivity index (χ1n) is 7.41. The number of rotatable bonds is 10. The van der Waals surface area contributed by atoms with Gasteiger partial charge in [0.15, 0.2) is 0 Å². The Morgan fingerprint density at radius 1 is 1.32 bits per heavy atom. The van der Waals surface area contributed by atoms with Crippen LogP contribution < -0.4 is 5.32 Å². The quantitative estimate of drug-likeness (QED) is 0.508. The van der Waals surface area contributed by atoms with E-state index in [0.29, 0.717) is 39.0 Å². The topological polar surface area (TPSA) is 71.0 Å². The van der Waals surface area contributed by atoms with Gasteiger partial charge in [0.2, 0.25) is 0 Å². The fourth-order valence-electron chi connectivity index (χ4n) is 2.42. The molecular weight excluding hydrogens is 246 g/mol. The molecule has 1 aliphatic carbocycles. The highest BCUT2D eigenvalue weighted by molar-refractivity contribution is 4.71. The van der Waals surface area contributed by atoms with Crippen molar-refractivity contribution in [1.29, 1.82) is 0 Å². The summed E-state index contributed by atoms with van der Waals surface area (Å²) in [5, 5.41) is 21.4. The highest BCUT2D eigenvalue weighted by Gasteiger charge is 2.20. The Kier molecular flexibility index (Phi) is 9.38. The Bertz CT molecular complexity index is 216. The lowest BCUT2D eigenvalue weighted by Gasteiger charge is -2.27. The Hall–Kier alpha value is -0.200. The van der Waals surface area contributed by atoms with Crippen molar-refractivity contribution < 1.29 is 19.7 Å². The SMILES string of the molecule is C[C@H]1CCC[C@H](OC[C@@H](O)CNCCOCCO)C1. The van der Waals surface area contributed by atoms with Gasteiger partial charge in [-0.05, 0) is 18.8 Å². The lowest BCUT2D eigenvalue weighted by molar-refractivity contribution is -0.0309. The summed E-state index contributed by atoms with van der Waals surface area (Å²) in [5.74, 6) is 0.748. The Morgan fingerprint density at radius 3 is 2.89 bits per heavy atom. The second-order valence-corrected chi connectivity index (χ2v) is 5.42. The fraction of sp³-hybridized carbons (Fsp3) is 1.00. The van der Waals surface area contributed by atoms with Crippen LogP contribution in [0.25, 0.3) is 0 Å². The van der Waals surface area contributed by atoms with Crippen molar-refractivity contribution in [3.8, 4) is 0 Å². The zero-order chi connectivity index (χ0) is 13.9. The van der Waals surface area contributed by atoms with Crippen molar-refractivity contribution in [3.05, 3.63) is 0 Å². The van der Waals surface area contributed by atoms with Crippen LogP contribution in [-0.2, 0) is 9.47 Å². The van der Waals surface area contributed by atoms with Crippen LogP contribution in [0.5, 0.6) is 0 Å². The molecule has 1 fully saturated rings. The van der Waals surface area contributed by atoms with Gasteiger partial charge in [-0.1, -0.05) is 19.8 Å². The third-order valence-electron chi connectivity index (χ3n) is 3.45. The molecule has 0 bridgehead atoms. The maximum absolute atomic E-state index is 9.78. The van der Waals surface area contributed by atoms with Gasteiger partial charge in [0.1, 0.15) is 0 Å². The van der Waals surface area contributed by atoms with Gasteiger partial charge in [-0.2, -0.15) is 0 Å². The van der Waals surface area contributed by atoms with Crippen molar-refractivity contribution in [1.82, 2.24) is 5.32 Å². The Balaban J connectivity index is 1.94. The summed E-state index contributed by atoms with van der Waals surface area (Å²) in [7, 11) is 0. The van der Waals surface area contributed by atoms with Crippen LogP contribution in [0, 0.1) is 5.92 Å². The Morgan fingerprint density at radius 2 is 2.16 bits per heavy atom. The average Bonchev–Trinajstić information content (AvgIpc) is 2.40. The molecule has 19 heavy (non-hydrogen) atoms. The van der Waals surface area contributed by atoms with Gasteiger partial charge in [0, 0.05) is 13.1 Å². The molecule has 0 spiro atoms. The summed E-state index contributed by atoms with van der Waals surface area (Å²) in [5.41, 5.74) is 0. The van der Waals surface area contributed by atoms with E-state index in [1.54, 1.807) is 0 Å². The van der Waals surface area contributed by atoms with Crippen LogP contribution in [-0.4, -0.2) is 61.9 Å². The van der Waals surface area contributed by atoms with E-state index in [1.165, 1.54) is 12.8 Å². The molecule has 3 N–H and O–H groups in total. The van der Waals surface area contributed by atoms with Crippen molar-refractivity contribution in [2.75, 3.05) is 39.5 Å². The van der Waals surface area contributed by atoms with Crippen LogP contribution in [0.3, 0.4) is 0 Å². The summed E-state index contributed by atoms with van der Waals surface area (Å²) >= 11 is 0. The van der Waals surface area contributed by atoms with Crippen molar-refractivity contribution >= 4 is 0 Å². The van der Waals surface area contributed by atoms with Gasteiger partial charge in [-0.25, -0.2) is 0 Å². The maximum Gasteiger partial charge on any atom is 0.0897 e. The van der Waals surface area contributed by atoms with Crippen molar-refractivity contribution in [3.63, 3.8) is 0 Å². The largest absolute Gasteiger partial charge is 0.394 e. The zero-order valence-electron chi connectivity index (χ0n) is 12.0. The highest BCUT2D eigenvalue weighted by atomic mass is 16.5. The highest BCUT2D eigenvalue weighted by Crippen LogP contribution is 2.25. The van der Waals surface area contributed by atoms with Crippen LogP contribution >= 0.6 is 0 Å². The predicted octanol–water partition coefficient (Wildman–Crippen LogP) is 0.541. The summed E-state index contributed by atoms with van der Waals surface area (Å²) < 4.78 is 10.9. The number of hydrogen-bond donors (Lipinski definition) is 3. The van der Waals surface area contributed by atoms with E-state index in [9.17, 15) is 5.11 Å². The molecule has 0 heterocycles. The van der Waals surface area contributed by atoms with E-state index >= 15 is 0 Å². The van der Waals surface area contributed by atoms with E-state index in [0.717, 1.165) is 18.8 Å². The molecular formula is C14H29NO4. The number of ether oxygens (including phenoxy) is 2. The first-order valence-corrected chi connectivity index (χ1v) is 7.41. The minimum atomic E-state index is -0.463. The standard InChI is InChI=1S/C14H29NO4/c1-12-3-2-4-14(9-12)19-11-13(17)10-15-5-7-18-8-6-16/h12-17H,2-11H2,1H3/t12-,13-,14-/m0/s1. The van der Waals surface area contributed by atoms with Crippen molar-refractivity contribution in [2.24, 2.45) is 5.92 Å². The number of aliphatic hydroxyl groups excluding tert-OH is 2. The molecule has 1 rings (SSSR count). The van der Waals surface area contributed by atoms with E-state index in [4.69, 9.17) is 14.6 Å². The van der Waals surface area contributed by atoms with E-state index in [1.807, 2.05) is 0 Å². The lowest BCUT2D eigenvalue weighted by Crippen LogP contribution is -2.34. The molecule has 0 aliphatic heterocycles. The van der Waals surface area contributed by atoms with Crippen LogP contribution in [0.4, 0.5) is 0 Å².